The van der Waals surface area contributed by atoms with Crippen molar-refractivity contribution < 1.29 is 28.7 Å². The molecule has 1 saturated heterocycles. The number of fused-ring (bicyclic) bond motifs is 1. The number of carbonyl (C=O) groups is 4. The molecule has 1 atom stereocenters. The first-order chi connectivity index (χ1) is 13.8. The lowest BCUT2D eigenvalue weighted by atomic mass is 10.2. The summed E-state index contributed by atoms with van der Waals surface area (Å²) in [5.74, 6) is -1.02. The van der Waals surface area contributed by atoms with E-state index < -0.39 is 30.3 Å². The number of hydrogen-bond acceptors (Lipinski definition) is 6. The van der Waals surface area contributed by atoms with Crippen molar-refractivity contribution in [1.82, 2.24) is 14.7 Å². The molecule has 29 heavy (non-hydrogen) atoms. The number of urea groups is 1. The lowest BCUT2D eigenvalue weighted by Crippen LogP contribution is -2.48. The first-order valence-electron chi connectivity index (χ1n) is 9.65. The molecular formula is C20H25N3O6. The minimum Gasteiger partial charge on any atom is -0.486 e. The van der Waals surface area contributed by atoms with Gasteiger partial charge < -0.3 is 14.4 Å². The Hall–Kier alpha value is -3.10. The van der Waals surface area contributed by atoms with Crippen LogP contribution < -0.4 is 9.47 Å². The zero-order chi connectivity index (χ0) is 21.1. The summed E-state index contributed by atoms with van der Waals surface area (Å²) in [6, 6.07) is 6.52. The van der Waals surface area contributed by atoms with Gasteiger partial charge in [0.1, 0.15) is 13.2 Å². The molecule has 0 unspecified atom stereocenters. The molecule has 0 spiro atoms. The van der Waals surface area contributed by atoms with Crippen molar-refractivity contribution >= 4 is 23.8 Å². The van der Waals surface area contributed by atoms with E-state index in [0.29, 0.717) is 22.9 Å². The van der Waals surface area contributed by atoms with Gasteiger partial charge in [-0.1, -0.05) is 26.0 Å². The molecule has 0 bridgehead atoms. The number of nitrogens with zero attached hydrogens (tertiary/aromatic N) is 3. The fourth-order valence-electron chi connectivity index (χ4n) is 3.26. The van der Waals surface area contributed by atoms with Crippen LogP contribution >= 0.6 is 0 Å². The number of likely N-dealkylation sites (N-methyl/N-ethyl adjacent to an activating group) is 1. The van der Waals surface area contributed by atoms with E-state index in [0.717, 1.165) is 4.90 Å². The van der Waals surface area contributed by atoms with E-state index in [1.807, 2.05) is 26.0 Å². The quantitative estimate of drug-likeness (QED) is 0.500. The Morgan fingerprint density at radius 2 is 1.79 bits per heavy atom. The summed E-state index contributed by atoms with van der Waals surface area (Å²) in [6.45, 7) is 6.00. The second-order valence-electron chi connectivity index (χ2n) is 7.41. The molecule has 0 N–H and O–H groups in total. The van der Waals surface area contributed by atoms with Gasteiger partial charge in [0, 0.05) is 13.1 Å². The zero-order valence-corrected chi connectivity index (χ0v) is 16.8. The van der Waals surface area contributed by atoms with Gasteiger partial charge in [-0.05, 0) is 25.0 Å². The number of rotatable bonds is 7. The van der Waals surface area contributed by atoms with E-state index in [4.69, 9.17) is 9.47 Å². The smallest absolute Gasteiger partial charge is 0.334 e. The van der Waals surface area contributed by atoms with Crippen LogP contribution in [0.1, 0.15) is 20.8 Å². The topological polar surface area (TPSA) is 96.5 Å². The number of amides is 5. The van der Waals surface area contributed by atoms with E-state index in [2.05, 4.69) is 0 Å². The van der Waals surface area contributed by atoms with Crippen LogP contribution in [0.5, 0.6) is 11.5 Å². The highest BCUT2D eigenvalue weighted by Crippen LogP contribution is 2.31. The summed E-state index contributed by atoms with van der Waals surface area (Å²) in [6.07, 6.45) is -0.377. The van der Waals surface area contributed by atoms with Gasteiger partial charge in [-0.15, -0.1) is 0 Å². The third-order valence-corrected chi connectivity index (χ3v) is 4.70. The van der Waals surface area contributed by atoms with Crippen molar-refractivity contribution in [2.75, 3.05) is 32.8 Å². The maximum absolute atomic E-state index is 12.7. The molecule has 0 aromatic heterocycles. The molecule has 9 heteroatoms. The highest BCUT2D eigenvalue weighted by molar-refractivity contribution is 6.45. The molecule has 5 amide bonds. The van der Waals surface area contributed by atoms with Crippen LogP contribution in [-0.2, 0) is 14.4 Å². The number of carbonyl (C=O) groups excluding carboxylic acids is 4. The fourth-order valence-corrected chi connectivity index (χ4v) is 3.26. The SMILES string of the molecule is CCN(C[C@H]1COc2ccccc2O1)C(=O)CN1C(=O)C(=O)N(CC(C)C)C1=O. The number of hydrogen-bond donors (Lipinski definition) is 0. The van der Waals surface area contributed by atoms with Crippen LogP contribution in [0.15, 0.2) is 24.3 Å². The second-order valence-corrected chi connectivity index (χ2v) is 7.41. The molecule has 3 rings (SSSR count). The van der Waals surface area contributed by atoms with Crippen LogP contribution in [0, 0.1) is 5.92 Å². The largest absolute Gasteiger partial charge is 0.486 e. The predicted octanol–water partition coefficient (Wildman–Crippen LogP) is 1.12. The molecule has 1 fully saturated rings. The first kappa shape index (κ1) is 20.6. The van der Waals surface area contributed by atoms with Gasteiger partial charge in [0.05, 0.1) is 6.54 Å². The highest BCUT2D eigenvalue weighted by atomic mass is 16.6. The molecule has 0 radical (unpaired) electrons. The Balaban J connectivity index is 1.62. The number of benzene rings is 1. The second kappa shape index (κ2) is 8.50. The summed E-state index contributed by atoms with van der Waals surface area (Å²) in [7, 11) is 0. The Morgan fingerprint density at radius 1 is 1.14 bits per heavy atom. The summed E-state index contributed by atoms with van der Waals surface area (Å²) in [5.41, 5.74) is 0. The van der Waals surface area contributed by atoms with Crippen molar-refractivity contribution in [1.29, 1.82) is 0 Å². The molecule has 0 saturated carbocycles. The van der Waals surface area contributed by atoms with Gasteiger partial charge in [-0.25, -0.2) is 9.69 Å². The Kier molecular flexibility index (Phi) is 6.05. The van der Waals surface area contributed by atoms with Crippen molar-refractivity contribution in [3.8, 4) is 11.5 Å². The van der Waals surface area contributed by atoms with Gasteiger partial charge in [0.2, 0.25) is 5.91 Å². The van der Waals surface area contributed by atoms with Crippen molar-refractivity contribution in [2.45, 2.75) is 26.9 Å². The highest BCUT2D eigenvalue weighted by Gasteiger charge is 2.45. The van der Waals surface area contributed by atoms with Gasteiger partial charge >= 0.3 is 17.8 Å². The summed E-state index contributed by atoms with van der Waals surface area (Å²) >= 11 is 0. The van der Waals surface area contributed by atoms with Crippen molar-refractivity contribution in [2.24, 2.45) is 5.92 Å². The first-order valence-corrected chi connectivity index (χ1v) is 9.65. The summed E-state index contributed by atoms with van der Waals surface area (Å²) in [5, 5.41) is 0. The van der Waals surface area contributed by atoms with Gasteiger partial charge in [0.15, 0.2) is 17.6 Å². The summed E-state index contributed by atoms with van der Waals surface area (Å²) < 4.78 is 11.5. The molecule has 2 aliphatic heterocycles. The number of imide groups is 2. The van der Waals surface area contributed by atoms with Gasteiger partial charge in [-0.3, -0.25) is 19.3 Å². The molecule has 2 aliphatic rings. The monoisotopic (exact) mass is 403 g/mol. The molecule has 9 nitrogen and oxygen atoms in total. The van der Waals surface area contributed by atoms with Crippen LogP contribution in [0.3, 0.4) is 0 Å². The Bertz CT molecular complexity index is 824. The van der Waals surface area contributed by atoms with E-state index in [1.54, 1.807) is 19.1 Å². The van der Waals surface area contributed by atoms with Gasteiger partial charge in [-0.2, -0.15) is 0 Å². The average molecular weight is 403 g/mol. The minimum atomic E-state index is -0.966. The third-order valence-electron chi connectivity index (χ3n) is 4.70. The Morgan fingerprint density at radius 3 is 2.45 bits per heavy atom. The minimum absolute atomic E-state index is 0.0184. The van der Waals surface area contributed by atoms with Gasteiger partial charge in [0.25, 0.3) is 0 Å². The maximum atomic E-state index is 12.7. The Labute approximate surface area is 169 Å². The van der Waals surface area contributed by atoms with Crippen LogP contribution in [0.4, 0.5) is 4.79 Å². The molecular weight excluding hydrogens is 378 g/mol. The lowest BCUT2D eigenvalue weighted by Gasteiger charge is -2.31. The average Bonchev–Trinajstić information content (AvgIpc) is 2.89. The molecule has 1 aromatic carbocycles. The van der Waals surface area contributed by atoms with Crippen molar-refractivity contribution in [3.05, 3.63) is 24.3 Å². The normalized spacial score (nSPS) is 18.6. The standard InChI is InChI=1S/C20H25N3O6/c1-4-21(10-14-12-28-15-7-5-6-8-16(15)29-14)17(24)11-23-19(26)18(25)22(20(23)27)9-13(2)3/h5-8,13-14H,4,9-12H2,1-3H3/t14-/m0/s1. The number of para-hydroxylation sites is 2. The molecule has 0 aliphatic carbocycles. The molecule has 156 valence electrons. The van der Waals surface area contributed by atoms with E-state index in [9.17, 15) is 19.2 Å². The van der Waals surface area contributed by atoms with Crippen LogP contribution in [0.2, 0.25) is 0 Å². The van der Waals surface area contributed by atoms with E-state index >= 15 is 0 Å². The van der Waals surface area contributed by atoms with E-state index in [-0.39, 0.29) is 31.7 Å². The van der Waals surface area contributed by atoms with Crippen LogP contribution in [-0.4, -0.2) is 77.3 Å². The fraction of sp³-hybridized carbons (Fsp3) is 0.500. The third kappa shape index (κ3) is 4.33. The number of ether oxygens (including phenoxy) is 2. The summed E-state index contributed by atoms with van der Waals surface area (Å²) in [4.78, 5) is 52.5. The molecule has 2 heterocycles. The lowest BCUT2D eigenvalue weighted by molar-refractivity contribution is -0.145. The van der Waals surface area contributed by atoms with Crippen molar-refractivity contribution in [3.63, 3.8) is 0 Å². The molecule has 1 aromatic rings. The van der Waals surface area contributed by atoms with E-state index in [1.165, 1.54) is 4.90 Å². The predicted molar refractivity (Wildman–Crippen MR) is 102 cm³/mol. The van der Waals surface area contributed by atoms with Crippen LogP contribution in [0.25, 0.3) is 0 Å². The maximum Gasteiger partial charge on any atom is 0.334 e. The zero-order valence-electron chi connectivity index (χ0n) is 16.8.